The van der Waals surface area contributed by atoms with Gasteiger partial charge >= 0.3 is 6.85 Å². The van der Waals surface area contributed by atoms with E-state index in [4.69, 9.17) is 4.42 Å². The van der Waals surface area contributed by atoms with Gasteiger partial charge < -0.3 is 13.8 Å². The Bertz CT molecular complexity index is 3970. The molecule has 3 aliphatic heterocycles. The van der Waals surface area contributed by atoms with Crippen LogP contribution in [-0.4, -0.2) is 11.3 Å². The molecule has 0 saturated heterocycles. The van der Waals surface area contributed by atoms with Crippen molar-refractivity contribution in [2.24, 2.45) is 35.5 Å². The summed E-state index contributed by atoms with van der Waals surface area (Å²) in [5.74, 6) is 5.33. The van der Waals surface area contributed by atoms with Crippen LogP contribution in [0, 0.1) is 35.5 Å². The highest BCUT2D eigenvalue weighted by Gasteiger charge is 2.56. The quantitative estimate of drug-likeness (QED) is 0.164. The molecule has 8 fully saturated rings. The summed E-state index contributed by atoms with van der Waals surface area (Å²) in [6.07, 6.45) is 17.0. The van der Waals surface area contributed by atoms with Crippen LogP contribution in [0.3, 0.4) is 0 Å². The van der Waals surface area contributed by atoms with Gasteiger partial charge in [0.25, 0.3) is 0 Å². The maximum Gasteiger partial charge on any atom is 0.333 e. The Labute approximate surface area is 427 Å². The Morgan fingerprint density at radius 2 is 1.03 bits per heavy atom. The first-order chi connectivity index (χ1) is 36.0. The van der Waals surface area contributed by atoms with Crippen LogP contribution in [0.2, 0.25) is 0 Å². The lowest BCUT2D eigenvalue weighted by atomic mass is 9.43. The lowest BCUT2D eigenvalue weighted by Crippen LogP contribution is -2.58. The third kappa shape index (κ3) is 4.83. The molecule has 11 aliphatic rings. The Hall–Kier alpha value is -6.78. The fraction of sp³-hybridized carbons (Fsp3) is 0.304. The van der Waals surface area contributed by atoms with Gasteiger partial charge in [-0.05, 0) is 216 Å². The molecule has 8 aliphatic carbocycles. The van der Waals surface area contributed by atoms with Crippen LogP contribution in [0.15, 0.2) is 168 Å². The van der Waals surface area contributed by atoms with Crippen molar-refractivity contribution in [3.8, 4) is 11.1 Å². The van der Waals surface area contributed by atoms with E-state index in [0.717, 1.165) is 46.7 Å². The normalized spacial score (nSPS) is 28.9. The molecule has 21 rings (SSSR count). The zero-order chi connectivity index (χ0) is 47.1. The number of fused-ring (bicyclic) bond motifs is 13. The number of hydrogen-bond acceptors (Lipinski definition) is 2. The Morgan fingerprint density at radius 1 is 0.438 bits per heavy atom. The molecule has 5 heterocycles. The lowest BCUT2D eigenvalue weighted by molar-refractivity contribution is -0.00527. The van der Waals surface area contributed by atoms with Gasteiger partial charge in [-0.2, -0.15) is 0 Å². The molecule has 0 unspecified atom stereocenters. The average molecular weight is 941 g/mol. The second kappa shape index (κ2) is 13.5. The van der Waals surface area contributed by atoms with Crippen molar-refractivity contribution >= 4 is 78.6 Å². The van der Waals surface area contributed by atoms with Crippen LogP contribution >= 0.6 is 0 Å². The molecule has 0 spiro atoms. The number of aromatic nitrogens is 1. The van der Waals surface area contributed by atoms with Crippen molar-refractivity contribution in [2.75, 3.05) is 4.90 Å². The van der Waals surface area contributed by atoms with E-state index in [9.17, 15) is 0 Å². The molecule has 0 amide bonds. The van der Waals surface area contributed by atoms with Crippen molar-refractivity contribution in [3.05, 3.63) is 197 Å². The molecule has 2 aromatic heterocycles. The molecule has 4 heteroatoms. The van der Waals surface area contributed by atoms with Crippen LogP contribution in [-0.2, 0) is 16.2 Å². The zero-order valence-electron chi connectivity index (χ0n) is 41.4. The van der Waals surface area contributed by atoms with Gasteiger partial charge in [0.2, 0.25) is 0 Å². The molecule has 3 nitrogen and oxygen atoms in total. The molecule has 8 aromatic carbocycles. The largest absolute Gasteiger partial charge is 0.454 e. The Morgan fingerprint density at radius 3 is 1.71 bits per heavy atom. The third-order valence-corrected chi connectivity index (χ3v) is 21.9. The van der Waals surface area contributed by atoms with E-state index in [0.29, 0.717) is 5.41 Å². The van der Waals surface area contributed by atoms with E-state index >= 15 is 0 Å². The van der Waals surface area contributed by atoms with Crippen LogP contribution in [0.5, 0.6) is 0 Å². The van der Waals surface area contributed by atoms with E-state index < -0.39 is 5.41 Å². The minimum Gasteiger partial charge on any atom is -0.454 e. The summed E-state index contributed by atoms with van der Waals surface area (Å²) in [7, 11) is 0. The highest BCUT2D eigenvalue weighted by atomic mass is 16.3. The van der Waals surface area contributed by atoms with Crippen molar-refractivity contribution in [1.29, 1.82) is 0 Å². The molecule has 0 radical (unpaired) electrons. The van der Waals surface area contributed by atoms with E-state index in [1.807, 2.05) is 0 Å². The van der Waals surface area contributed by atoms with Crippen molar-refractivity contribution in [3.63, 3.8) is 0 Å². The highest BCUT2D eigenvalue weighted by molar-refractivity contribution is 6.90. The fourth-order valence-electron chi connectivity index (χ4n) is 20.2. The first-order valence-electron chi connectivity index (χ1n) is 28.3. The van der Waals surface area contributed by atoms with Gasteiger partial charge in [-0.15, -0.1) is 0 Å². The number of furan rings is 1. The number of rotatable bonds is 4. The summed E-state index contributed by atoms with van der Waals surface area (Å²) in [6, 6.07) is 64.5. The summed E-state index contributed by atoms with van der Waals surface area (Å²) >= 11 is 0. The van der Waals surface area contributed by atoms with Gasteiger partial charge in [-0.3, -0.25) is 0 Å². The minimum absolute atomic E-state index is 0.0772. The molecule has 8 saturated carbocycles. The summed E-state index contributed by atoms with van der Waals surface area (Å²) in [5, 5.41) is 5.39. The second-order valence-corrected chi connectivity index (χ2v) is 25.6. The van der Waals surface area contributed by atoms with Gasteiger partial charge in [0, 0.05) is 43.8 Å². The Kier molecular flexibility index (Phi) is 7.34. The third-order valence-electron chi connectivity index (χ3n) is 21.9. The number of benzene rings is 8. The highest BCUT2D eigenvalue weighted by Crippen LogP contribution is 2.65. The van der Waals surface area contributed by atoms with Crippen LogP contribution in [0.4, 0.5) is 17.1 Å². The molecule has 8 bridgehead atoms. The van der Waals surface area contributed by atoms with Crippen LogP contribution < -0.4 is 15.8 Å². The number of nitrogens with zero attached hydrogens (tertiary/aromatic N) is 2. The second-order valence-electron chi connectivity index (χ2n) is 25.6. The molecule has 0 N–H and O–H groups in total. The predicted octanol–water partition coefficient (Wildman–Crippen LogP) is 15.7. The van der Waals surface area contributed by atoms with E-state index in [1.165, 1.54) is 171 Å². The molecule has 0 atom stereocenters. The molecule has 352 valence electrons. The SMILES string of the molecule is c1ccc(C2(c3ccccc3)c3ccccc3N3c4c(cccc42)B2c4c(cc5c(oc6ccccc65)c43)-c3cc(C45CC6CC(CC(C6)C4)C5)cc4c5cc(C67CC8CC(CC(C8)C6)C7)ccc5n2c34)cc1. The number of anilines is 3. The first kappa shape index (κ1) is 39.7. The topological polar surface area (TPSA) is 21.3 Å². The van der Waals surface area contributed by atoms with Crippen molar-refractivity contribution in [2.45, 2.75) is 93.3 Å². The summed E-state index contributed by atoms with van der Waals surface area (Å²) in [5.41, 5.74) is 22.5. The monoisotopic (exact) mass is 940 g/mol. The van der Waals surface area contributed by atoms with Gasteiger partial charge in [0.05, 0.1) is 16.8 Å². The average Bonchev–Trinajstić information content (AvgIpc) is 3.97. The predicted molar refractivity (Wildman–Crippen MR) is 299 cm³/mol. The maximum absolute atomic E-state index is 7.37. The lowest BCUT2D eigenvalue weighted by Gasteiger charge is -2.57. The summed E-state index contributed by atoms with van der Waals surface area (Å²) in [6.45, 7) is -0.0772. The van der Waals surface area contributed by atoms with Crippen LogP contribution in [0.25, 0.3) is 54.9 Å². The van der Waals surface area contributed by atoms with Crippen molar-refractivity contribution in [1.82, 2.24) is 4.48 Å². The molecular weight excluding hydrogens is 884 g/mol. The molecule has 10 aromatic rings. The smallest absolute Gasteiger partial charge is 0.333 e. The van der Waals surface area contributed by atoms with Gasteiger partial charge in [-0.1, -0.05) is 121 Å². The number of hydrogen-bond donors (Lipinski definition) is 0. The Balaban J connectivity index is 0.971. The zero-order valence-corrected chi connectivity index (χ0v) is 41.4. The summed E-state index contributed by atoms with van der Waals surface area (Å²) in [4.78, 5) is 2.69. The first-order valence-corrected chi connectivity index (χ1v) is 28.3. The van der Waals surface area contributed by atoms with E-state index in [1.54, 1.807) is 11.1 Å². The summed E-state index contributed by atoms with van der Waals surface area (Å²) < 4.78 is 10.2. The maximum atomic E-state index is 7.37. The van der Waals surface area contributed by atoms with Crippen LogP contribution in [0.1, 0.15) is 110 Å². The fourth-order valence-corrected chi connectivity index (χ4v) is 20.2. The van der Waals surface area contributed by atoms with Gasteiger partial charge in [-0.25, -0.2) is 0 Å². The molecular formula is C69H57BN2O. The molecule has 73 heavy (non-hydrogen) atoms. The van der Waals surface area contributed by atoms with Crippen molar-refractivity contribution < 1.29 is 4.42 Å². The standard InChI is InChI=1S/C69H57BN2O/c1-3-12-46(13-4-1)69(47-14-5-2-6-15-47)56-17-8-9-20-60(56)71-64-57(69)18-11-19-58(64)70-62-52(33-55-50-16-7-10-21-61(50)73-66(55)65(62)71)54-32-49(68-37-43-27-44(38-68)29-45(28-43)39-68)31-53-51-30-48(22-23-59(51)72(70)63(53)54)67-34-40-24-41(35-67)26-42(25-40)36-67/h1-23,30-33,40-45H,24-29,34-39H2. The van der Waals surface area contributed by atoms with E-state index in [2.05, 4.69) is 173 Å². The number of para-hydroxylation sites is 3. The minimum atomic E-state index is -0.580. The van der Waals surface area contributed by atoms with Gasteiger partial charge in [0.1, 0.15) is 5.58 Å². The van der Waals surface area contributed by atoms with Gasteiger partial charge in [0.15, 0.2) is 5.58 Å². The van der Waals surface area contributed by atoms with E-state index in [-0.39, 0.29) is 12.3 Å².